The Morgan fingerprint density at radius 3 is 2.33 bits per heavy atom. The summed E-state index contributed by atoms with van der Waals surface area (Å²) in [6, 6.07) is -0.374. The second-order valence-electron chi connectivity index (χ2n) is 6.88. The van der Waals surface area contributed by atoms with E-state index in [1.165, 1.54) is 0 Å². The Morgan fingerprint density at radius 1 is 1.29 bits per heavy atom. The Balaban J connectivity index is 2.73. The van der Waals surface area contributed by atoms with Crippen molar-refractivity contribution < 1.29 is 19.4 Å². The lowest BCUT2D eigenvalue weighted by atomic mass is 9.75. The molecule has 1 unspecified atom stereocenters. The summed E-state index contributed by atoms with van der Waals surface area (Å²) in [6.45, 7) is 5.43. The molecule has 0 heterocycles. The van der Waals surface area contributed by atoms with Crippen molar-refractivity contribution in [3.63, 3.8) is 0 Å². The van der Waals surface area contributed by atoms with Crippen molar-refractivity contribution in [2.45, 2.75) is 82.9 Å². The van der Waals surface area contributed by atoms with Crippen molar-refractivity contribution in [1.29, 1.82) is 0 Å². The number of carbonyl (C=O) groups excluding carboxylic acids is 1. The summed E-state index contributed by atoms with van der Waals surface area (Å²) in [4.78, 5) is 22.8. The number of hydrogen-bond acceptors (Lipinski definition) is 4. The molecule has 21 heavy (non-hydrogen) atoms. The van der Waals surface area contributed by atoms with Crippen LogP contribution in [0.4, 0.5) is 4.79 Å². The van der Waals surface area contributed by atoms with E-state index in [0.29, 0.717) is 6.42 Å². The number of alkyl carbamates (subject to hydrolysis) is 1. The van der Waals surface area contributed by atoms with Crippen LogP contribution in [0.15, 0.2) is 0 Å². The number of nitrogens with two attached hydrogens (primary N) is 1. The van der Waals surface area contributed by atoms with Gasteiger partial charge in [0, 0.05) is 12.5 Å². The quantitative estimate of drug-likeness (QED) is 0.723. The summed E-state index contributed by atoms with van der Waals surface area (Å²) < 4.78 is 5.32. The van der Waals surface area contributed by atoms with E-state index in [-0.39, 0.29) is 12.5 Å². The van der Waals surface area contributed by atoms with E-state index in [0.717, 1.165) is 32.1 Å². The smallest absolute Gasteiger partial charge is 0.408 e. The van der Waals surface area contributed by atoms with Gasteiger partial charge in [-0.3, -0.25) is 4.79 Å². The van der Waals surface area contributed by atoms with Gasteiger partial charge >= 0.3 is 12.1 Å². The first kappa shape index (κ1) is 17.8. The lowest BCUT2D eigenvalue weighted by molar-refractivity contribution is -0.137. The summed E-state index contributed by atoms with van der Waals surface area (Å²) in [6.07, 6.45) is 4.51. The first-order valence-electron chi connectivity index (χ1n) is 7.63. The molecule has 0 spiro atoms. The highest BCUT2D eigenvalue weighted by Gasteiger charge is 2.40. The number of aliphatic carboxylic acids is 1. The van der Waals surface area contributed by atoms with Gasteiger partial charge in [0.15, 0.2) is 0 Å². The number of hydrogen-bond donors (Lipinski definition) is 3. The zero-order valence-corrected chi connectivity index (χ0v) is 13.3. The highest BCUT2D eigenvalue weighted by molar-refractivity contribution is 5.69. The van der Waals surface area contributed by atoms with Gasteiger partial charge in [-0.2, -0.15) is 0 Å². The summed E-state index contributed by atoms with van der Waals surface area (Å²) in [5.41, 5.74) is 5.10. The van der Waals surface area contributed by atoms with Gasteiger partial charge in [-0.05, 0) is 40.0 Å². The molecule has 1 atom stereocenters. The molecule has 6 nitrogen and oxygen atoms in total. The Kier molecular flexibility index (Phi) is 6.01. The summed E-state index contributed by atoms with van der Waals surface area (Å²) in [5, 5.41) is 11.7. The molecule has 0 aromatic carbocycles. The van der Waals surface area contributed by atoms with E-state index in [9.17, 15) is 9.59 Å². The third kappa shape index (κ3) is 5.91. The van der Waals surface area contributed by atoms with Crippen molar-refractivity contribution in [2.24, 2.45) is 5.73 Å². The minimum absolute atomic E-state index is 0.0128. The van der Waals surface area contributed by atoms with Crippen molar-refractivity contribution in [1.82, 2.24) is 5.32 Å². The SMILES string of the molecule is CC(C)(C)OC(=O)NC1(C(N)CCC(=O)O)CCCCC1. The molecule has 0 aromatic rings. The standard InChI is InChI=1S/C15H28N2O4/c1-14(2,3)21-13(20)17-15(9-5-4-6-10-15)11(16)7-8-12(18)19/h11H,4-10,16H2,1-3H3,(H,17,20)(H,18,19). The van der Waals surface area contributed by atoms with Crippen LogP contribution in [0.2, 0.25) is 0 Å². The van der Waals surface area contributed by atoms with Crippen molar-refractivity contribution in [3.8, 4) is 0 Å². The summed E-state index contributed by atoms with van der Waals surface area (Å²) in [7, 11) is 0. The van der Waals surface area contributed by atoms with Crippen LogP contribution in [-0.4, -0.2) is 34.4 Å². The average Bonchev–Trinajstić information content (AvgIpc) is 2.34. The first-order chi connectivity index (χ1) is 9.65. The molecular formula is C15H28N2O4. The molecule has 1 fully saturated rings. The molecule has 0 saturated heterocycles. The van der Waals surface area contributed by atoms with Crippen molar-refractivity contribution >= 4 is 12.1 Å². The lowest BCUT2D eigenvalue weighted by Crippen LogP contribution is -2.61. The van der Waals surface area contributed by atoms with E-state index in [2.05, 4.69) is 5.32 Å². The van der Waals surface area contributed by atoms with E-state index < -0.39 is 23.2 Å². The minimum atomic E-state index is -0.867. The minimum Gasteiger partial charge on any atom is -0.481 e. The number of carbonyl (C=O) groups is 2. The third-order valence-electron chi connectivity index (χ3n) is 3.87. The van der Waals surface area contributed by atoms with Crippen LogP contribution in [0.5, 0.6) is 0 Å². The molecule has 4 N–H and O–H groups in total. The zero-order valence-electron chi connectivity index (χ0n) is 13.3. The van der Waals surface area contributed by atoms with Gasteiger partial charge in [-0.25, -0.2) is 4.79 Å². The van der Waals surface area contributed by atoms with E-state index in [1.807, 2.05) is 20.8 Å². The number of carboxylic acid groups (broad SMARTS) is 1. The van der Waals surface area contributed by atoms with Crippen LogP contribution in [0.1, 0.15) is 65.7 Å². The van der Waals surface area contributed by atoms with Gasteiger partial charge in [0.25, 0.3) is 0 Å². The van der Waals surface area contributed by atoms with Gasteiger partial charge in [-0.15, -0.1) is 0 Å². The van der Waals surface area contributed by atoms with Crippen LogP contribution in [-0.2, 0) is 9.53 Å². The third-order valence-corrected chi connectivity index (χ3v) is 3.87. The van der Waals surface area contributed by atoms with E-state index in [1.54, 1.807) is 0 Å². The molecule has 6 heteroatoms. The fourth-order valence-corrected chi connectivity index (χ4v) is 2.83. The molecule has 1 aliphatic carbocycles. The van der Waals surface area contributed by atoms with Crippen molar-refractivity contribution in [2.75, 3.05) is 0 Å². The largest absolute Gasteiger partial charge is 0.481 e. The average molecular weight is 300 g/mol. The number of nitrogens with one attached hydrogen (secondary N) is 1. The molecule has 0 radical (unpaired) electrons. The Labute approximate surface area is 126 Å². The highest BCUT2D eigenvalue weighted by atomic mass is 16.6. The fourth-order valence-electron chi connectivity index (χ4n) is 2.83. The van der Waals surface area contributed by atoms with Gasteiger partial charge in [0.05, 0.1) is 5.54 Å². The van der Waals surface area contributed by atoms with Crippen LogP contribution >= 0.6 is 0 Å². The molecule has 1 aliphatic rings. The van der Waals surface area contributed by atoms with Crippen LogP contribution < -0.4 is 11.1 Å². The van der Waals surface area contributed by atoms with Crippen molar-refractivity contribution in [3.05, 3.63) is 0 Å². The Hall–Kier alpha value is -1.30. The maximum atomic E-state index is 12.1. The maximum Gasteiger partial charge on any atom is 0.408 e. The predicted octanol–water partition coefficient (Wildman–Crippen LogP) is 2.41. The molecule has 1 amide bonds. The lowest BCUT2D eigenvalue weighted by Gasteiger charge is -2.42. The topological polar surface area (TPSA) is 102 Å². The van der Waals surface area contributed by atoms with E-state index >= 15 is 0 Å². The maximum absolute atomic E-state index is 12.1. The molecule has 0 aliphatic heterocycles. The molecule has 0 aromatic heterocycles. The Morgan fingerprint density at radius 2 is 1.86 bits per heavy atom. The highest BCUT2D eigenvalue weighted by Crippen LogP contribution is 2.32. The molecule has 0 bridgehead atoms. The van der Waals surface area contributed by atoms with E-state index in [4.69, 9.17) is 15.6 Å². The Bertz CT molecular complexity index is 370. The van der Waals surface area contributed by atoms with Gasteiger partial charge < -0.3 is 20.9 Å². The summed E-state index contributed by atoms with van der Waals surface area (Å²) in [5.74, 6) is -0.867. The number of ether oxygens (including phenoxy) is 1. The number of rotatable bonds is 5. The monoisotopic (exact) mass is 300 g/mol. The predicted molar refractivity (Wildman–Crippen MR) is 80.0 cm³/mol. The molecule has 1 rings (SSSR count). The molecule has 122 valence electrons. The summed E-state index contributed by atoms with van der Waals surface area (Å²) >= 11 is 0. The van der Waals surface area contributed by atoms with Gasteiger partial charge in [0.1, 0.15) is 5.60 Å². The van der Waals surface area contributed by atoms with Gasteiger partial charge in [0.2, 0.25) is 0 Å². The van der Waals surface area contributed by atoms with Crippen LogP contribution in [0, 0.1) is 0 Å². The second-order valence-corrected chi connectivity index (χ2v) is 6.88. The first-order valence-corrected chi connectivity index (χ1v) is 7.63. The zero-order chi connectivity index (χ0) is 16.1. The normalized spacial score (nSPS) is 19.6. The second kappa shape index (κ2) is 7.11. The van der Waals surface area contributed by atoms with Gasteiger partial charge in [-0.1, -0.05) is 19.3 Å². The van der Waals surface area contributed by atoms with Crippen LogP contribution in [0.25, 0.3) is 0 Å². The fraction of sp³-hybridized carbons (Fsp3) is 0.867. The van der Waals surface area contributed by atoms with Crippen LogP contribution in [0.3, 0.4) is 0 Å². The number of carboxylic acids is 1. The molecular weight excluding hydrogens is 272 g/mol. The molecule has 1 saturated carbocycles. The number of amides is 1.